The third kappa shape index (κ3) is 2.24. The number of aromatic nitrogens is 3. The molecule has 0 radical (unpaired) electrons. The molecule has 0 N–H and O–H groups in total. The number of nitriles is 1. The van der Waals surface area contributed by atoms with E-state index in [1.165, 1.54) is 5.56 Å². The van der Waals surface area contributed by atoms with Gasteiger partial charge in [-0.1, -0.05) is 24.3 Å². The minimum absolute atomic E-state index is 0.302. The van der Waals surface area contributed by atoms with Gasteiger partial charge in [-0.25, -0.2) is 4.68 Å². The zero-order valence-corrected chi connectivity index (χ0v) is 10.4. The second kappa shape index (κ2) is 5.43. The van der Waals surface area contributed by atoms with Crippen molar-refractivity contribution >= 4 is 0 Å². The van der Waals surface area contributed by atoms with Crippen molar-refractivity contribution in [1.29, 1.82) is 5.26 Å². The minimum atomic E-state index is 0.302. The standard InChI is InChI=1S/C13H14N4O/c1-3-10-4-6-11(7-5-10)17-13(9-18-2)12(8-14)15-16-17/h4-7H,3,9H2,1-2H3. The highest BCUT2D eigenvalue weighted by molar-refractivity contribution is 5.38. The van der Waals surface area contributed by atoms with E-state index in [2.05, 4.69) is 17.2 Å². The molecule has 1 aromatic carbocycles. The van der Waals surface area contributed by atoms with Crippen LogP contribution in [0.25, 0.3) is 5.69 Å². The molecule has 1 aromatic heterocycles. The van der Waals surface area contributed by atoms with E-state index in [0.717, 1.165) is 12.1 Å². The van der Waals surface area contributed by atoms with E-state index in [1.807, 2.05) is 30.3 Å². The van der Waals surface area contributed by atoms with E-state index >= 15 is 0 Å². The van der Waals surface area contributed by atoms with Gasteiger partial charge in [-0.15, -0.1) is 5.10 Å². The number of hydrogen-bond donors (Lipinski definition) is 0. The molecule has 92 valence electrons. The fourth-order valence-corrected chi connectivity index (χ4v) is 1.73. The molecule has 0 fully saturated rings. The monoisotopic (exact) mass is 242 g/mol. The molecule has 0 amide bonds. The normalized spacial score (nSPS) is 10.3. The Bertz CT molecular complexity index is 566. The van der Waals surface area contributed by atoms with Crippen LogP contribution in [0.5, 0.6) is 0 Å². The first-order valence-electron chi connectivity index (χ1n) is 5.73. The van der Waals surface area contributed by atoms with Gasteiger partial charge in [-0.05, 0) is 24.1 Å². The van der Waals surface area contributed by atoms with Crippen LogP contribution in [0.1, 0.15) is 23.9 Å². The van der Waals surface area contributed by atoms with E-state index in [1.54, 1.807) is 11.8 Å². The average molecular weight is 242 g/mol. The topological polar surface area (TPSA) is 63.7 Å². The lowest BCUT2D eigenvalue weighted by atomic mass is 10.1. The lowest BCUT2D eigenvalue weighted by molar-refractivity contribution is 0.179. The summed E-state index contributed by atoms with van der Waals surface area (Å²) in [6.45, 7) is 2.42. The summed E-state index contributed by atoms with van der Waals surface area (Å²) >= 11 is 0. The highest BCUT2D eigenvalue weighted by Gasteiger charge is 2.13. The van der Waals surface area contributed by atoms with Crippen molar-refractivity contribution in [2.24, 2.45) is 0 Å². The Morgan fingerprint density at radius 2 is 2.06 bits per heavy atom. The van der Waals surface area contributed by atoms with E-state index in [4.69, 9.17) is 10.00 Å². The maximum absolute atomic E-state index is 8.97. The predicted octanol–water partition coefficient (Wildman–Crippen LogP) is 1.85. The van der Waals surface area contributed by atoms with Crippen molar-refractivity contribution in [1.82, 2.24) is 15.0 Å². The van der Waals surface area contributed by atoms with Crippen LogP contribution in [0, 0.1) is 11.3 Å². The molecule has 0 bridgehead atoms. The first kappa shape index (κ1) is 12.3. The highest BCUT2D eigenvalue weighted by Crippen LogP contribution is 2.14. The van der Waals surface area contributed by atoms with E-state index in [-0.39, 0.29) is 0 Å². The second-order valence-corrected chi connectivity index (χ2v) is 3.86. The number of rotatable bonds is 4. The van der Waals surface area contributed by atoms with Gasteiger partial charge < -0.3 is 4.74 Å². The van der Waals surface area contributed by atoms with Crippen LogP contribution in [0.15, 0.2) is 24.3 Å². The Labute approximate surface area is 106 Å². The molecular formula is C13H14N4O. The summed E-state index contributed by atoms with van der Waals surface area (Å²) in [4.78, 5) is 0. The molecule has 18 heavy (non-hydrogen) atoms. The Kier molecular flexibility index (Phi) is 3.70. The molecule has 2 aromatic rings. The number of nitrogens with zero attached hydrogens (tertiary/aromatic N) is 4. The number of benzene rings is 1. The molecule has 0 saturated carbocycles. The molecule has 5 heteroatoms. The number of hydrogen-bond acceptors (Lipinski definition) is 4. The first-order chi connectivity index (χ1) is 8.80. The maximum atomic E-state index is 8.97. The first-order valence-corrected chi connectivity index (χ1v) is 5.73. The SMILES string of the molecule is CCc1ccc(-n2nnc(C#N)c2COC)cc1. The number of methoxy groups -OCH3 is 1. The molecule has 0 spiro atoms. The summed E-state index contributed by atoms with van der Waals surface area (Å²) in [5, 5.41) is 16.8. The van der Waals surface area contributed by atoms with Gasteiger partial charge in [0.25, 0.3) is 0 Å². The van der Waals surface area contributed by atoms with Crippen LogP contribution < -0.4 is 0 Å². The summed E-state index contributed by atoms with van der Waals surface area (Å²) in [5.41, 5.74) is 3.11. The molecular weight excluding hydrogens is 228 g/mol. The lowest BCUT2D eigenvalue weighted by Crippen LogP contribution is -2.04. The summed E-state index contributed by atoms with van der Waals surface area (Å²) < 4.78 is 6.72. The van der Waals surface area contributed by atoms with Crippen LogP contribution in [0.3, 0.4) is 0 Å². The quantitative estimate of drug-likeness (QED) is 0.820. The Hall–Kier alpha value is -2.19. The highest BCUT2D eigenvalue weighted by atomic mass is 16.5. The molecule has 0 aliphatic carbocycles. The smallest absolute Gasteiger partial charge is 0.188 e. The predicted molar refractivity (Wildman–Crippen MR) is 66.2 cm³/mol. The van der Waals surface area contributed by atoms with Crippen LogP contribution in [0.4, 0.5) is 0 Å². The van der Waals surface area contributed by atoms with Crippen molar-refractivity contribution in [3.63, 3.8) is 0 Å². The molecule has 0 saturated heterocycles. The van der Waals surface area contributed by atoms with Gasteiger partial charge in [0, 0.05) is 7.11 Å². The zero-order chi connectivity index (χ0) is 13.0. The zero-order valence-electron chi connectivity index (χ0n) is 10.4. The van der Waals surface area contributed by atoms with Crippen LogP contribution in [-0.4, -0.2) is 22.1 Å². The molecule has 0 aliphatic rings. The van der Waals surface area contributed by atoms with Crippen molar-refractivity contribution in [2.45, 2.75) is 20.0 Å². The molecule has 0 aliphatic heterocycles. The molecule has 1 heterocycles. The van der Waals surface area contributed by atoms with Crippen molar-refractivity contribution in [3.05, 3.63) is 41.2 Å². The van der Waals surface area contributed by atoms with E-state index < -0.39 is 0 Å². The Balaban J connectivity index is 2.43. The average Bonchev–Trinajstić information content (AvgIpc) is 2.82. The fourth-order valence-electron chi connectivity index (χ4n) is 1.73. The Morgan fingerprint density at radius 1 is 1.33 bits per heavy atom. The third-order valence-electron chi connectivity index (χ3n) is 2.74. The van der Waals surface area contributed by atoms with Crippen molar-refractivity contribution in [2.75, 3.05) is 7.11 Å². The second-order valence-electron chi connectivity index (χ2n) is 3.86. The number of ether oxygens (including phenoxy) is 1. The number of aryl methyl sites for hydroxylation is 1. The van der Waals surface area contributed by atoms with Gasteiger partial charge in [-0.2, -0.15) is 5.26 Å². The van der Waals surface area contributed by atoms with E-state index in [9.17, 15) is 0 Å². The van der Waals surface area contributed by atoms with Gasteiger partial charge in [0.2, 0.25) is 0 Å². The minimum Gasteiger partial charge on any atom is -0.378 e. The fraction of sp³-hybridized carbons (Fsp3) is 0.308. The largest absolute Gasteiger partial charge is 0.378 e. The summed E-state index contributed by atoms with van der Waals surface area (Å²) in [6.07, 6.45) is 0.992. The van der Waals surface area contributed by atoms with Crippen molar-refractivity contribution in [3.8, 4) is 11.8 Å². The summed E-state index contributed by atoms with van der Waals surface area (Å²) in [6, 6.07) is 10.0. The summed E-state index contributed by atoms with van der Waals surface area (Å²) in [5.74, 6) is 0. The maximum Gasteiger partial charge on any atom is 0.188 e. The third-order valence-corrected chi connectivity index (χ3v) is 2.74. The van der Waals surface area contributed by atoms with Gasteiger partial charge in [0.1, 0.15) is 11.8 Å². The van der Waals surface area contributed by atoms with Crippen LogP contribution >= 0.6 is 0 Å². The molecule has 0 unspecified atom stereocenters. The molecule has 5 nitrogen and oxygen atoms in total. The van der Waals surface area contributed by atoms with Gasteiger partial charge in [0.05, 0.1) is 12.3 Å². The van der Waals surface area contributed by atoms with Crippen molar-refractivity contribution < 1.29 is 4.74 Å². The van der Waals surface area contributed by atoms with E-state index in [0.29, 0.717) is 18.0 Å². The Morgan fingerprint density at radius 3 is 2.61 bits per heavy atom. The molecule has 0 atom stereocenters. The van der Waals surface area contributed by atoms with Crippen LogP contribution in [-0.2, 0) is 17.8 Å². The van der Waals surface area contributed by atoms with Gasteiger partial charge in [0.15, 0.2) is 5.69 Å². The summed E-state index contributed by atoms with van der Waals surface area (Å²) in [7, 11) is 1.58. The lowest BCUT2D eigenvalue weighted by Gasteiger charge is -2.06. The van der Waals surface area contributed by atoms with Crippen LogP contribution in [0.2, 0.25) is 0 Å². The molecule has 2 rings (SSSR count). The van der Waals surface area contributed by atoms with Gasteiger partial charge >= 0.3 is 0 Å². The van der Waals surface area contributed by atoms with Gasteiger partial charge in [-0.3, -0.25) is 0 Å².